The standard InChI is InChI=1S/C13H10FNO3/c14-9-1-3-10(4-2-9)15-13(18)8-5-11(16)7-12(17)6-8/h1-7,16-17H,(H,15,18). The first-order chi connectivity index (χ1) is 8.54. The number of carbonyl (C=O) groups is 1. The summed E-state index contributed by atoms with van der Waals surface area (Å²) in [4.78, 5) is 11.8. The van der Waals surface area contributed by atoms with Crippen LogP contribution in [0.4, 0.5) is 10.1 Å². The first kappa shape index (κ1) is 11.9. The van der Waals surface area contributed by atoms with Gasteiger partial charge in [0, 0.05) is 17.3 Å². The minimum atomic E-state index is -0.507. The zero-order chi connectivity index (χ0) is 13.1. The molecule has 0 saturated heterocycles. The van der Waals surface area contributed by atoms with Gasteiger partial charge in [-0.2, -0.15) is 0 Å². The Hall–Kier alpha value is -2.56. The van der Waals surface area contributed by atoms with Crippen LogP contribution in [0, 0.1) is 5.82 Å². The van der Waals surface area contributed by atoms with E-state index >= 15 is 0 Å². The molecule has 3 N–H and O–H groups in total. The minimum Gasteiger partial charge on any atom is -0.508 e. The van der Waals surface area contributed by atoms with Crippen molar-refractivity contribution >= 4 is 11.6 Å². The number of amides is 1. The number of nitrogens with one attached hydrogen (secondary N) is 1. The lowest BCUT2D eigenvalue weighted by Crippen LogP contribution is -2.11. The molecule has 5 heteroatoms. The molecule has 2 aromatic rings. The van der Waals surface area contributed by atoms with Gasteiger partial charge >= 0.3 is 0 Å². The Balaban J connectivity index is 2.19. The predicted octanol–water partition coefficient (Wildman–Crippen LogP) is 2.49. The highest BCUT2D eigenvalue weighted by Gasteiger charge is 2.08. The Labute approximate surface area is 102 Å². The third-order valence-corrected chi connectivity index (χ3v) is 2.27. The molecule has 2 aromatic carbocycles. The Kier molecular flexibility index (Phi) is 3.14. The molecule has 0 aromatic heterocycles. The second-order valence-corrected chi connectivity index (χ2v) is 3.70. The molecule has 18 heavy (non-hydrogen) atoms. The van der Waals surface area contributed by atoms with Crippen LogP contribution in [0.15, 0.2) is 42.5 Å². The molecule has 2 rings (SSSR count). The van der Waals surface area contributed by atoms with Crippen molar-refractivity contribution in [1.29, 1.82) is 0 Å². The van der Waals surface area contributed by atoms with Crippen molar-refractivity contribution in [3.8, 4) is 11.5 Å². The average molecular weight is 247 g/mol. The number of hydrogen-bond acceptors (Lipinski definition) is 3. The fourth-order valence-corrected chi connectivity index (χ4v) is 1.46. The summed E-state index contributed by atoms with van der Waals surface area (Å²) in [5.74, 6) is -1.32. The molecule has 0 saturated carbocycles. The Morgan fingerprint density at radius 3 is 2.11 bits per heavy atom. The van der Waals surface area contributed by atoms with Crippen LogP contribution in [0.25, 0.3) is 0 Å². The molecule has 0 spiro atoms. The van der Waals surface area contributed by atoms with Crippen LogP contribution in [0.2, 0.25) is 0 Å². The van der Waals surface area contributed by atoms with Gasteiger partial charge in [-0.25, -0.2) is 4.39 Å². The number of phenols is 2. The van der Waals surface area contributed by atoms with E-state index in [-0.39, 0.29) is 17.1 Å². The van der Waals surface area contributed by atoms with E-state index in [2.05, 4.69) is 5.32 Å². The summed E-state index contributed by atoms with van der Waals surface area (Å²) in [6, 6.07) is 8.82. The highest BCUT2D eigenvalue weighted by Crippen LogP contribution is 2.21. The van der Waals surface area contributed by atoms with Crippen LogP contribution in [-0.4, -0.2) is 16.1 Å². The summed E-state index contributed by atoms with van der Waals surface area (Å²) in [7, 11) is 0. The summed E-state index contributed by atoms with van der Waals surface area (Å²) in [6.45, 7) is 0. The smallest absolute Gasteiger partial charge is 0.255 e. The van der Waals surface area contributed by atoms with Gasteiger partial charge in [-0.1, -0.05) is 0 Å². The normalized spacial score (nSPS) is 10.1. The van der Waals surface area contributed by atoms with Gasteiger partial charge in [-0.15, -0.1) is 0 Å². The minimum absolute atomic E-state index is 0.108. The third-order valence-electron chi connectivity index (χ3n) is 2.27. The van der Waals surface area contributed by atoms with Gasteiger partial charge in [-0.05, 0) is 36.4 Å². The maximum atomic E-state index is 12.7. The number of aromatic hydroxyl groups is 2. The third kappa shape index (κ3) is 2.76. The van der Waals surface area contributed by atoms with Gasteiger partial charge in [0.05, 0.1) is 0 Å². The Morgan fingerprint density at radius 1 is 1.00 bits per heavy atom. The number of carbonyl (C=O) groups excluding carboxylic acids is 1. The van der Waals surface area contributed by atoms with Crippen molar-refractivity contribution in [3.63, 3.8) is 0 Å². The number of phenolic OH excluding ortho intramolecular Hbond substituents is 2. The quantitative estimate of drug-likeness (QED) is 0.763. The lowest BCUT2D eigenvalue weighted by Gasteiger charge is -2.06. The second-order valence-electron chi connectivity index (χ2n) is 3.70. The zero-order valence-electron chi connectivity index (χ0n) is 9.22. The summed E-state index contributed by atoms with van der Waals surface area (Å²) in [5, 5.41) is 21.0. The molecule has 0 aliphatic carbocycles. The van der Waals surface area contributed by atoms with Crippen LogP contribution in [0.5, 0.6) is 11.5 Å². The predicted molar refractivity (Wildman–Crippen MR) is 64.1 cm³/mol. The van der Waals surface area contributed by atoms with Crippen molar-refractivity contribution in [2.45, 2.75) is 0 Å². The summed E-state index contributed by atoms with van der Waals surface area (Å²) in [6.07, 6.45) is 0. The van der Waals surface area contributed by atoms with Gasteiger partial charge in [0.15, 0.2) is 0 Å². The van der Waals surface area contributed by atoms with E-state index in [1.165, 1.54) is 36.4 Å². The van der Waals surface area contributed by atoms with Gasteiger partial charge in [0.2, 0.25) is 0 Å². The molecular weight excluding hydrogens is 237 g/mol. The van der Waals surface area contributed by atoms with E-state index in [0.717, 1.165) is 6.07 Å². The lowest BCUT2D eigenvalue weighted by atomic mass is 10.2. The lowest BCUT2D eigenvalue weighted by molar-refractivity contribution is 0.102. The van der Waals surface area contributed by atoms with Gasteiger partial charge in [0.1, 0.15) is 17.3 Å². The van der Waals surface area contributed by atoms with Crippen molar-refractivity contribution in [2.75, 3.05) is 5.32 Å². The SMILES string of the molecule is O=C(Nc1ccc(F)cc1)c1cc(O)cc(O)c1. The maximum absolute atomic E-state index is 12.7. The number of halogens is 1. The van der Waals surface area contributed by atoms with Crippen molar-refractivity contribution in [1.82, 2.24) is 0 Å². The number of rotatable bonds is 2. The van der Waals surface area contributed by atoms with E-state index in [0.29, 0.717) is 5.69 Å². The monoisotopic (exact) mass is 247 g/mol. The summed E-state index contributed by atoms with van der Waals surface area (Å²) >= 11 is 0. The molecule has 0 fully saturated rings. The molecule has 0 atom stereocenters. The molecule has 0 radical (unpaired) electrons. The van der Waals surface area contributed by atoms with E-state index in [4.69, 9.17) is 0 Å². The zero-order valence-corrected chi connectivity index (χ0v) is 9.22. The van der Waals surface area contributed by atoms with Crippen molar-refractivity contribution < 1.29 is 19.4 Å². The summed E-state index contributed by atoms with van der Waals surface area (Å²) < 4.78 is 12.7. The van der Waals surface area contributed by atoms with Gasteiger partial charge in [-0.3, -0.25) is 4.79 Å². The van der Waals surface area contributed by atoms with Crippen molar-refractivity contribution in [3.05, 3.63) is 53.8 Å². The first-order valence-electron chi connectivity index (χ1n) is 5.14. The molecule has 92 valence electrons. The topological polar surface area (TPSA) is 69.6 Å². The van der Waals surface area contributed by atoms with E-state index in [1.54, 1.807) is 0 Å². The second kappa shape index (κ2) is 4.75. The Morgan fingerprint density at radius 2 is 1.56 bits per heavy atom. The summed E-state index contributed by atoms with van der Waals surface area (Å²) in [5.41, 5.74) is 0.529. The molecule has 0 aliphatic rings. The van der Waals surface area contributed by atoms with E-state index in [1.807, 2.05) is 0 Å². The van der Waals surface area contributed by atoms with E-state index in [9.17, 15) is 19.4 Å². The molecule has 0 heterocycles. The molecule has 4 nitrogen and oxygen atoms in total. The highest BCUT2D eigenvalue weighted by atomic mass is 19.1. The maximum Gasteiger partial charge on any atom is 0.255 e. The largest absolute Gasteiger partial charge is 0.508 e. The van der Waals surface area contributed by atoms with Crippen molar-refractivity contribution in [2.24, 2.45) is 0 Å². The van der Waals surface area contributed by atoms with Gasteiger partial charge in [0.25, 0.3) is 5.91 Å². The van der Waals surface area contributed by atoms with E-state index < -0.39 is 11.7 Å². The molecule has 0 bridgehead atoms. The average Bonchev–Trinajstić information content (AvgIpc) is 2.31. The number of hydrogen-bond donors (Lipinski definition) is 3. The molecular formula is C13H10FNO3. The van der Waals surface area contributed by atoms with Crippen LogP contribution in [0.3, 0.4) is 0 Å². The van der Waals surface area contributed by atoms with Crippen LogP contribution >= 0.6 is 0 Å². The van der Waals surface area contributed by atoms with Gasteiger partial charge < -0.3 is 15.5 Å². The number of benzene rings is 2. The van der Waals surface area contributed by atoms with Crippen LogP contribution in [-0.2, 0) is 0 Å². The fraction of sp³-hybridized carbons (Fsp3) is 0. The highest BCUT2D eigenvalue weighted by molar-refractivity contribution is 6.04. The molecule has 1 amide bonds. The fourth-order valence-electron chi connectivity index (χ4n) is 1.46. The molecule has 0 unspecified atom stereocenters. The Bertz CT molecular complexity index is 561. The number of anilines is 1. The first-order valence-corrected chi connectivity index (χ1v) is 5.14. The molecule has 0 aliphatic heterocycles. The van der Waals surface area contributed by atoms with Crippen LogP contribution in [0.1, 0.15) is 10.4 Å². The van der Waals surface area contributed by atoms with Crippen LogP contribution < -0.4 is 5.32 Å².